The summed E-state index contributed by atoms with van der Waals surface area (Å²) in [6.45, 7) is 6.68. The van der Waals surface area contributed by atoms with Crippen molar-refractivity contribution in [1.29, 1.82) is 0 Å². The normalized spacial score (nSPS) is 17.2. The molecule has 0 bridgehead atoms. The highest BCUT2D eigenvalue weighted by atomic mass is 32.1. The monoisotopic (exact) mass is 267 g/mol. The molecule has 0 unspecified atom stereocenters. The fraction of sp³-hybridized carbons (Fsp3) is 0.692. The zero-order valence-corrected chi connectivity index (χ0v) is 12.1. The molecule has 0 aromatic carbocycles. The van der Waals surface area contributed by atoms with E-state index in [0.29, 0.717) is 5.92 Å². The van der Waals surface area contributed by atoms with Crippen molar-refractivity contribution in [2.45, 2.75) is 26.7 Å². The smallest absolute Gasteiger partial charge is 0.265 e. The van der Waals surface area contributed by atoms with Crippen molar-refractivity contribution in [3.63, 3.8) is 0 Å². The third-order valence-corrected chi connectivity index (χ3v) is 4.55. The lowest BCUT2D eigenvalue weighted by Crippen LogP contribution is -2.40. The van der Waals surface area contributed by atoms with Gasteiger partial charge in [-0.25, -0.2) is 4.98 Å². The predicted octanol–water partition coefficient (Wildman–Crippen LogP) is 1.83. The lowest BCUT2D eigenvalue weighted by Gasteiger charge is -2.31. The summed E-state index contributed by atoms with van der Waals surface area (Å²) in [6, 6.07) is 0. The summed E-state index contributed by atoms with van der Waals surface area (Å²) in [6.07, 6.45) is 2.20. The average molecular weight is 267 g/mol. The van der Waals surface area contributed by atoms with Gasteiger partial charge in [0.2, 0.25) is 0 Å². The minimum Gasteiger partial charge on any atom is -0.338 e. The van der Waals surface area contributed by atoms with E-state index in [9.17, 15) is 4.79 Å². The molecule has 1 N–H and O–H groups in total. The molecule has 0 radical (unpaired) electrons. The number of aromatic nitrogens is 1. The van der Waals surface area contributed by atoms with Crippen LogP contribution in [0.5, 0.6) is 0 Å². The number of carbonyl (C=O) groups excluding carboxylic acids is 1. The number of hydrogen-bond acceptors (Lipinski definition) is 4. The highest BCUT2D eigenvalue weighted by Crippen LogP contribution is 2.23. The van der Waals surface area contributed by atoms with Gasteiger partial charge in [-0.2, -0.15) is 0 Å². The molecule has 100 valence electrons. The Kier molecular flexibility index (Phi) is 4.35. The molecule has 4 nitrogen and oxygen atoms in total. The highest BCUT2D eigenvalue weighted by Gasteiger charge is 2.25. The second-order valence-corrected chi connectivity index (χ2v) is 6.14. The second-order valence-electron chi connectivity index (χ2n) is 4.94. The maximum Gasteiger partial charge on any atom is 0.265 e. The molecule has 2 heterocycles. The van der Waals surface area contributed by atoms with Crippen molar-refractivity contribution >= 4 is 17.2 Å². The number of piperidine rings is 1. The molecule has 1 aliphatic heterocycles. The molecule has 0 saturated carbocycles. The summed E-state index contributed by atoms with van der Waals surface area (Å²) < 4.78 is 0. The van der Waals surface area contributed by atoms with E-state index in [-0.39, 0.29) is 5.91 Å². The van der Waals surface area contributed by atoms with Crippen molar-refractivity contribution in [2.24, 2.45) is 5.92 Å². The Balaban J connectivity index is 1.97. The van der Waals surface area contributed by atoms with Gasteiger partial charge in [0.05, 0.1) is 10.7 Å². The molecule has 1 saturated heterocycles. The van der Waals surface area contributed by atoms with Crippen LogP contribution in [0.3, 0.4) is 0 Å². The second kappa shape index (κ2) is 5.80. The van der Waals surface area contributed by atoms with Gasteiger partial charge in [0, 0.05) is 13.1 Å². The summed E-state index contributed by atoms with van der Waals surface area (Å²) in [5, 5.41) is 4.19. The summed E-state index contributed by atoms with van der Waals surface area (Å²) in [7, 11) is 1.99. The first-order valence-corrected chi connectivity index (χ1v) is 7.31. The van der Waals surface area contributed by atoms with Gasteiger partial charge < -0.3 is 10.2 Å². The van der Waals surface area contributed by atoms with Gasteiger partial charge >= 0.3 is 0 Å². The fourth-order valence-electron chi connectivity index (χ4n) is 2.50. The lowest BCUT2D eigenvalue weighted by atomic mass is 9.97. The van der Waals surface area contributed by atoms with Gasteiger partial charge in [-0.05, 0) is 46.2 Å². The first-order chi connectivity index (χ1) is 8.61. The molecule has 0 atom stereocenters. The van der Waals surface area contributed by atoms with Crippen molar-refractivity contribution < 1.29 is 4.79 Å². The van der Waals surface area contributed by atoms with E-state index in [0.717, 1.165) is 48.1 Å². The zero-order valence-electron chi connectivity index (χ0n) is 11.3. The zero-order chi connectivity index (χ0) is 13.1. The van der Waals surface area contributed by atoms with Crippen molar-refractivity contribution in [3.8, 4) is 0 Å². The topological polar surface area (TPSA) is 45.2 Å². The van der Waals surface area contributed by atoms with Gasteiger partial charge in [-0.3, -0.25) is 4.79 Å². The van der Waals surface area contributed by atoms with Crippen LogP contribution in [0, 0.1) is 19.8 Å². The van der Waals surface area contributed by atoms with Crippen LogP contribution >= 0.6 is 11.3 Å². The Hall–Kier alpha value is -0.940. The van der Waals surface area contributed by atoms with E-state index in [1.54, 1.807) is 0 Å². The van der Waals surface area contributed by atoms with E-state index < -0.39 is 0 Å². The lowest BCUT2D eigenvalue weighted by molar-refractivity contribution is 0.0695. The SMILES string of the molecule is CNCC1CCN(C(=O)c2sc(C)nc2C)CC1. The molecule has 18 heavy (non-hydrogen) atoms. The molecule has 1 aromatic heterocycles. The first kappa shape index (κ1) is 13.5. The molecular formula is C13H21N3OS. The summed E-state index contributed by atoms with van der Waals surface area (Å²) in [5.41, 5.74) is 0.875. The largest absolute Gasteiger partial charge is 0.338 e. The maximum atomic E-state index is 12.4. The Labute approximate surface area is 112 Å². The predicted molar refractivity (Wildman–Crippen MR) is 74.1 cm³/mol. The summed E-state index contributed by atoms with van der Waals surface area (Å²) in [4.78, 5) is 19.5. The highest BCUT2D eigenvalue weighted by molar-refractivity contribution is 7.13. The standard InChI is InChI=1S/C13H21N3OS/c1-9-12(18-10(2)15-9)13(17)16-6-4-11(5-7-16)8-14-3/h11,14H,4-8H2,1-3H3. The van der Waals surface area contributed by atoms with Crippen LogP contribution in [-0.4, -0.2) is 42.5 Å². The quantitative estimate of drug-likeness (QED) is 0.909. The minimum absolute atomic E-state index is 0.168. The van der Waals surface area contributed by atoms with Gasteiger partial charge in [0.15, 0.2) is 0 Å². The number of amides is 1. The van der Waals surface area contributed by atoms with Crippen molar-refractivity contribution in [1.82, 2.24) is 15.2 Å². The molecule has 1 aromatic rings. The number of rotatable bonds is 3. The summed E-state index contributed by atoms with van der Waals surface area (Å²) >= 11 is 1.51. The van der Waals surface area contributed by atoms with Crippen LogP contribution in [0.4, 0.5) is 0 Å². The summed E-state index contributed by atoms with van der Waals surface area (Å²) in [5.74, 6) is 0.879. The van der Waals surface area contributed by atoms with Crippen LogP contribution in [0.15, 0.2) is 0 Å². The molecule has 0 spiro atoms. The van der Waals surface area contributed by atoms with Gasteiger partial charge in [0.1, 0.15) is 4.88 Å². The third-order valence-electron chi connectivity index (χ3n) is 3.49. The van der Waals surface area contributed by atoms with E-state index in [4.69, 9.17) is 0 Å². The number of likely N-dealkylation sites (tertiary alicyclic amines) is 1. The molecular weight excluding hydrogens is 246 g/mol. The van der Waals surface area contributed by atoms with Crippen molar-refractivity contribution in [2.75, 3.05) is 26.7 Å². The Morgan fingerprint density at radius 3 is 2.61 bits per heavy atom. The number of aryl methyl sites for hydroxylation is 2. The van der Waals surface area contributed by atoms with E-state index in [2.05, 4.69) is 10.3 Å². The fourth-order valence-corrected chi connectivity index (χ4v) is 3.39. The van der Waals surface area contributed by atoms with Crippen LogP contribution in [0.25, 0.3) is 0 Å². The van der Waals surface area contributed by atoms with Crippen LogP contribution in [0.2, 0.25) is 0 Å². The molecule has 1 amide bonds. The van der Waals surface area contributed by atoms with Crippen LogP contribution in [0.1, 0.15) is 33.2 Å². The van der Waals surface area contributed by atoms with Gasteiger partial charge in [-0.1, -0.05) is 0 Å². The Bertz CT molecular complexity index is 422. The molecule has 5 heteroatoms. The Morgan fingerprint density at radius 2 is 2.11 bits per heavy atom. The number of nitrogens with zero attached hydrogens (tertiary/aromatic N) is 2. The molecule has 2 rings (SSSR count). The van der Waals surface area contributed by atoms with Crippen LogP contribution < -0.4 is 5.32 Å². The minimum atomic E-state index is 0.168. The maximum absolute atomic E-state index is 12.4. The number of thiazole rings is 1. The molecule has 1 aliphatic rings. The average Bonchev–Trinajstić information content (AvgIpc) is 2.69. The molecule has 0 aliphatic carbocycles. The third kappa shape index (κ3) is 2.90. The Morgan fingerprint density at radius 1 is 1.44 bits per heavy atom. The van der Waals surface area contributed by atoms with E-state index in [1.165, 1.54) is 11.3 Å². The van der Waals surface area contributed by atoms with E-state index >= 15 is 0 Å². The van der Waals surface area contributed by atoms with Gasteiger partial charge in [0.25, 0.3) is 5.91 Å². The van der Waals surface area contributed by atoms with Crippen molar-refractivity contribution in [3.05, 3.63) is 15.6 Å². The van der Waals surface area contributed by atoms with Gasteiger partial charge in [-0.15, -0.1) is 11.3 Å². The van der Waals surface area contributed by atoms with E-state index in [1.807, 2.05) is 25.8 Å². The number of nitrogens with one attached hydrogen (secondary N) is 1. The number of hydrogen-bond donors (Lipinski definition) is 1. The first-order valence-electron chi connectivity index (χ1n) is 6.49. The van der Waals surface area contributed by atoms with Crippen LogP contribution in [-0.2, 0) is 0 Å². The number of carbonyl (C=O) groups is 1. The molecule has 1 fully saturated rings.